The average Bonchev–Trinajstić information content (AvgIpc) is 2.42. The van der Waals surface area contributed by atoms with Crippen molar-refractivity contribution in [2.45, 2.75) is 6.92 Å². The molecule has 1 aromatic carbocycles. The number of benzene rings is 1. The number of halogens is 1. The van der Waals surface area contributed by atoms with E-state index >= 15 is 0 Å². The minimum atomic E-state index is 0.00978. The molecule has 1 heterocycles. The van der Waals surface area contributed by atoms with Gasteiger partial charge in [-0.05, 0) is 46.6 Å². The van der Waals surface area contributed by atoms with Gasteiger partial charge in [0.25, 0.3) is 0 Å². The van der Waals surface area contributed by atoms with E-state index in [-0.39, 0.29) is 5.84 Å². The summed E-state index contributed by atoms with van der Waals surface area (Å²) in [5.41, 5.74) is 7.11. The zero-order valence-electron chi connectivity index (χ0n) is 10.2. The van der Waals surface area contributed by atoms with Gasteiger partial charge in [0, 0.05) is 17.8 Å². The largest absolute Gasteiger partial charge is 0.438 e. The van der Waals surface area contributed by atoms with Gasteiger partial charge in [-0.15, -0.1) is 0 Å². The molecule has 0 aliphatic carbocycles. The Morgan fingerprint density at radius 2 is 2.16 bits per heavy atom. The SMILES string of the molecule is Cc1ccc(Oc2ccc(/C(N)=N/O)cn2)c(Br)c1. The Hall–Kier alpha value is -2.08. The second-order valence-electron chi connectivity index (χ2n) is 3.91. The van der Waals surface area contributed by atoms with Crippen LogP contribution in [0.1, 0.15) is 11.1 Å². The molecule has 0 amide bonds. The number of aryl methyl sites for hydroxylation is 1. The van der Waals surface area contributed by atoms with Crippen molar-refractivity contribution in [3.05, 3.63) is 52.1 Å². The Morgan fingerprint density at radius 3 is 2.74 bits per heavy atom. The van der Waals surface area contributed by atoms with E-state index in [1.54, 1.807) is 12.1 Å². The standard InChI is InChI=1S/C13H12BrN3O2/c1-8-2-4-11(10(14)6-8)19-12-5-3-9(7-16-12)13(15)17-18/h2-7,18H,1H3,(H2,15,17). The molecular weight excluding hydrogens is 310 g/mol. The number of aromatic nitrogens is 1. The Kier molecular flexibility index (Phi) is 4.01. The number of hydrogen-bond donors (Lipinski definition) is 2. The summed E-state index contributed by atoms with van der Waals surface area (Å²) in [6.45, 7) is 2.00. The lowest BCUT2D eigenvalue weighted by molar-refractivity contribution is 0.318. The number of nitrogens with two attached hydrogens (primary N) is 1. The lowest BCUT2D eigenvalue weighted by Crippen LogP contribution is -2.13. The Labute approximate surface area is 118 Å². The van der Waals surface area contributed by atoms with Crippen molar-refractivity contribution in [2.24, 2.45) is 10.9 Å². The molecule has 5 nitrogen and oxygen atoms in total. The molecule has 0 saturated heterocycles. The Morgan fingerprint density at radius 1 is 1.37 bits per heavy atom. The van der Waals surface area contributed by atoms with E-state index in [4.69, 9.17) is 15.7 Å². The van der Waals surface area contributed by atoms with Crippen molar-refractivity contribution in [1.82, 2.24) is 4.98 Å². The number of nitrogens with zero attached hydrogens (tertiary/aromatic N) is 2. The van der Waals surface area contributed by atoms with Crippen molar-refractivity contribution in [2.75, 3.05) is 0 Å². The average molecular weight is 322 g/mol. The van der Waals surface area contributed by atoms with Gasteiger partial charge in [-0.3, -0.25) is 0 Å². The highest BCUT2D eigenvalue weighted by atomic mass is 79.9. The van der Waals surface area contributed by atoms with Crippen molar-refractivity contribution in [3.8, 4) is 11.6 Å². The molecule has 0 spiro atoms. The van der Waals surface area contributed by atoms with E-state index in [2.05, 4.69) is 26.1 Å². The Balaban J connectivity index is 2.20. The van der Waals surface area contributed by atoms with Gasteiger partial charge in [0.15, 0.2) is 5.84 Å². The van der Waals surface area contributed by atoms with Crippen LogP contribution in [0.5, 0.6) is 11.6 Å². The highest BCUT2D eigenvalue weighted by molar-refractivity contribution is 9.10. The van der Waals surface area contributed by atoms with E-state index in [9.17, 15) is 0 Å². The van der Waals surface area contributed by atoms with Gasteiger partial charge in [-0.2, -0.15) is 0 Å². The van der Waals surface area contributed by atoms with E-state index in [0.717, 1.165) is 10.0 Å². The number of hydrogen-bond acceptors (Lipinski definition) is 4. The molecule has 0 atom stereocenters. The molecule has 0 radical (unpaired) electrons. The fraction of sp³-hybridized carbons (Fsp3) is 0.0769. The minimum absolute atomic E-state index is 0.00978. The second-order valence-corrected chi connectivity index (χ2v) is 4.76. The fourth-order valence-corrected chi connectivity index (χ4v) is 2.03. The molecule has 98 valence electrons. The van der Waals surface area contributed by atoms with Gasteiger partial charge in [0.05, 0.1) is 4.47 Å². The molecule has 0 bridgehead atoms. The maximum absolute atomic E-state index is 8.55. The fourth-order valence-electron chi connectivity index (χ4n) is 1.45. The number of amidine groups is 1. The molecule has 1 aromatic heterocycles. The van der Waals surface area contributed by atoms with Gasteiger partial charge in [-0.1, -0.05) is 11.2 Å². The monoisotopic (exact) mass is 321 g/mol. The van der Waals surface area contributed by atoms with Crippen LogP contribution in [0.4, 0.5) is 0 Å². The number of rotatable bonds is 3. The van der Waals surface area contributed by atoms with Crippen molar-refractivity contribution < 1.29 is 9.94 Å². The molecule has 2 aromatic rings. The zero-order chi connectivity index (χ0) is 13.8. The topological polar surface area (TPSA) is 80.7 Å². The predicted octanol–water partition coefficient (Wildman–Crippen LogP) is 3.04. The third-order valence-corrected chi connectivity index (χ3v) is 3.06. The number of pyridine rings is 1. The predicted molar refractivity (Wildman–Crippen MR) is 75.7 cm³/mol. The molecule has 19 heavy (non-hydrogen) atoms. The molecule has 0 aliphatic rings. The first kappa shape index (κ1) is 13.4. The summed E-state index contributed by atoms with van der Waals surface area (Å²) in [6.07, 6.45) is 1.48. The van der Waals surface area contributed by atoms with Crippen molar-refractivity contribution in [3.63, 3.8) is 0 Å². The normalized spacial score (nSPS) is 11.4. The number of oxime groups is 1. The number of ether oxygens (including phenoxy) is 1. The van der Waals surface area contributed by atoms with Crippen molar-refractivity contribution in [1.29, 1.82) is 0 Å². The molecule has 0 aliphatic heterocycles. The molecule has 0 fully saturated rings. The third kappa shape index (κ3) is 3.23. The van der Waals surface area contributed by atoms with E-state index in [1.807, 2.05) is 25.1 Å². The first-order chi connectivity index (χ1) is 9.10. The van der Waals surface area contributed by atoms with Crippen molar-refractivity contribution >= 4 is 21.8 Å². The second kappa shape index (κ2) is 5.71. The van der Waals surface area contributed by atoms with Crippen LogP contribution < -0.4 is 10.5 Å². The van der Waals surface area contributed by atoms with Gasteiger partial charge in [-0.25, -0.2) is 4.98 Å². The molecule has 0 saturated carbocycles. The molecule has 2 rings (SSSR count). The highest BCUT2D eigenvalue weighted by Crippen LogP contribution is 2.29. The summed E-state index contributed by atoms with van der Waals surface area (Å²) >= 11 is 3.43. The quantitative estimate of drug-likeness (QED) is 0.394. The first-order valence-electron chi connectivity index (χ1n) is 5.48. The van der Waals surface area contributed by atoms with Crippen LogP contribution in [0.15, 0.2) is 46.2 Å². The van der Waals surface area contributed by atoms with E-state index in [0.29, 0.717) is 17.2 Å². The summed E-state index contributed by atoms with van der Waals surface area (Å²) in [7, 11) is 0. The lowest BCUT2D eigenvalue weighted by Gasteiger charge is -2.07. The summed E-state index contributed by atoms with van der Waals surface area (Å²) in [5.74, 6) is 1.12. The summed E-state index contributed by atoms with van der Waals surface area (Å²) in [6, 6.07) is 9.09. The lowest BCUT2D eigenvalue weighted by atomic mass is 10.2. The van der Waals surface area contributed by atoms with Gasteiger partial charge >= 0.3 is 0 Å². The molecule has 0 unspecified atom stereocenters. The summed E-state index contributed by atoms with van der Waals surface area (Å²) in [5, 5.41) is 11.5. The highest BCUT2D eigenvalue weighted by Gasteiger charge is 2.05. The molecule has 6 heteroatoms. The maximum Gasteiger partial charge on any atom is 0.219 e. The Bertz CT molecular complexity index is 612. The zero-order valence-corrected chi connectivity index (χ0v) is 11.8. The summed E-state index contributed by atoms with van der Waals surface area (Å²) in [4.78, 5) is 4.09. The van der Waals surface area contributed by atoms with E-state index < -0.39 is 0 Å². The molecular formula is C13H12BrN3O2. The van der Waals surface area contributed by atoms with Crippen LogP contribution in [0.3, 0.4) is 0 Å². The van der Waals surface area contributed by atoms with Crippen LogP contribution in [-0.2, 0) is 0 Å². The van der Waals surface area contributed by atoms with Gasteiger partial charge < -0.3 is 15.7 Å². The third-order valence-electron chi connectivity index (χ3n) is 2.44. The van der Waals surface area contributed by atoms with Crippen LogP contribution in [0.2, 0.25) is 0 Å². The van der Waals surface area contributed by atoms with Crippen LogP contribution in [0, 0.1) is 6.92 Å². The smallest absolute Gasteiger partial charge is 0.219 e. The summed E-state index contributed by atoms with van der Waals surface area (Å²) < 4.78 is 6.49. The van der Waals surface area contributed by atoms with Crippen LogP contribution >= 0.6 is 15.9 Å². The van der Waals surface area contributed by atoms with E-state index in [1.165, 1.54) is 6.20 Å². The van der Waals surface area contributed by atoms with Gasteiger partial charge in [0.2, 0.25) is 5.88 Å². The van der Waals surface area contributed by atoms with Gasteiger partial charge in [0.1, 0.15) is 5.75 Å². The first-order valence-corrected chi connectivity index (χ1v) is 6.27. The maximum atomic E-state index is 8.55. The van der Waals surface area contributed by atoms with Crippen LogP contribution in [0.25, 0.3) is 0 Å². The van der Waals surface area contributed by atoms with Crippen LogP contribution in [-0.4, -0.2) is 16.0 Å². The molecule has 3 N–H and O–H groups in total. The minimum Gasteiger partial charge on any atom is -0.438 e.